The highest BCUT2D eigenvalue weighted by molar-refractivity contribution is 6.06. The van der Waals surface area contributed by atoms with Gasteiger partial charge in [0.15, 0.2) is 11.2 Å². The zero-order valence-corrected chi connectivity index (χ0v) is 37.0. The molecule has 3 N–H and O–H groups in total. The number of piperidine rings is 1. The fraction of sp³-hybridized carbons (Fsp3) is 0.388. The van der Waals surface area contributed by atoms with E-state index in [0.29, 0.717) is 40.3 Å². The number of rotatable bonds is 12. The van der Waals surface area contributed by atoms with E-state index >= 15 is 4.39 Å². The molecule has 2 saturated heterocycles. The quantitative estimate of drug-likeness (QED) is 0.107. The Hall–Kier alpha value is -6.45. The average Bonchev–Trinajstić information content (AvgIpc) is 3.95. The highest BCUT2D eigenvalue weighted by Crippen LogP contribution is 2.39. The molecule has 0 aliphatic carbocycles. The summed E-state index contributed by atoms with van der Waals surface area (Å²) in [4.78, 5) is 26.3. The van der Waals surface area contributed by atoms with Gasteiger partial charge in [-0.15, -0.1) is 0 Å². The van der Waals surface area contributed by atoms with E-state index in [1.807, 2.05) is 42.6 Å². The van der Waals surface area contributed by atoms with Crippen LogP contribution in [0.15, 0.2) is 82.0 Å². The van der Waals surface area contributed by atoms with Crippen molar-refractivity contribution >= 4 is 78.4 Å². The first-order valence-electron chi connectivity index (χ1n) is 22.5. The Labute approximate surface area is 370 Å². The molecule has 8 aromatic rings. The zero-order valence-electron chi connectivity index (χ0n) is 37.0. The molecule has 2 aliphatic rings. The molecule has 4 aromatic carbocycles. The Morgan fingerprint density at radius 3 is 2.02 bits per heavy atom. The summed E-state index contributed by atoms with van der Waals surface area (Å²) in [6.45, 7) is 13.4. The SMILES string of the molecule is CC(C)c1noc2ccc3cnc(Nc4ccc(N5CCC(CC(CO)c6nc(Nc7ccc(N8CCN(C)CC8)c(F)c7)nc7c6ccc6onc(C(C)C)c67)CC5)cc4)nc3c12. The van der Waals surface area contributed by atoms with Gasteiger partial charge in [-0.05, 0) is 111 Å². The van der Waals surface area contributed by atoms with Gasteiger partial charge in [-0.25, -0.2) is 24.3 Å². The highest BCUT2D eigenvalue weighted by Gasteiger charge is 2.28. The van der Waals surface area contributed by atoms with Gasteiger partial charge in [0.2, 0.25) is 11.9 Å². The second-order valence-corrected chi connectivity index (χ2v) is 18.1. The molecule has 64 heavy (non-hydrogen) atoms. The number of likely N-dealkylation sites (N-methyl/N-ethyl adjacent to an activating group) is 1. The molecular formula is C49H54FN11O3. The molecule has 0 spiro atoms. The van der Waals surface area contributed by atoms with Gasteiger partial charge in [-0.3, -0.25) is 0 Å². The Morgan fingerprint density at radius 2 is 1.34 bits per heavy atom. The molecule has 6 heterocycles. The number of piperazine rings is 1. The van der Waals surface area contributed by atoms with Crippen LogP contribution in [0.5, 0.6) is 0 Å². The Kier molecular flexibility index (Phi) is 11.2. The van der Waals surface area contributed by atoms with Gasteiger partial charge in [0.1, 0.15) is 5.82 Å². The second kappa shape index (κ2) is 17.3. The van der Waals surface area contributed by atoms with Crippen molar-refractivity contribution in [3.63, 3.8) is 0 Å². The van der Waals surface area contributed by atoms with Crippen molar-refractivity contribution in [2.45, 2.75) is 64.7 Å². The van der Waals surface area contributed by atoms with Gasteiger partial charge >= 0.3 is 0 Å². The van der Waals surface area contributed by atoms with Crippen molar-refractivity contribution in [1.82, 2.24) is 35.1 Å². The Balaban J connectivity index is 0.852. The predicted octanol–water partition coefficient (Wildman–Crippen LogP) is 9.86. The minimum absolute atomic E-state index is 0.0725. The summed E-state index contributed by atoms with van der Waals surface area (Å²) in [6, 6.07) is 21.4. The summed E-state index contributed by atoms with van der Waals surface area (Å²) in [5, 5.41) is 30.0. The second-order valence-electron chi connectivity index (χ2n) is 18.1. The molecule has 4 aromatic heterocycles. The number of nitrogens with one attached hydrogen (secondary N) is 2. The van der Waals surface area contributed by atoms with Crippen LogP contribution in [0, 0.1) is 11.7 Å². The number of benzene rings is 4. The standard InChI is InChI=1S/C49H54FN11O3/c1-28(2)43-41-39(63-57-43)14-6-31-26-51-48(55-46(31)41)52-33-7-10-35(11-8-33)60-18-16-30(17-19-60)24-32(27-62)45-36-12-15-40-42(44(29(3)4)58-64-40)47(36)56-49(54-45)53-34-9-13-38(37(50)25-34)61-22-20-59(5)21-23-61/h6-15,25-26,28-30,32,62H,16-24,27H2,1-5H3,(H,51,52,55)(H,53,54,56). The van der Waals surface area contributed by atoms with Crippen LogP contribution < -0.4 is 20.4 Å². The van der Waals surface area contributed by atoms with E-state index in [4.69, 9.17) is 24.0 Å². The number of fused-ring (bicyclic) bond motifs is 6. The summed E-state index contributed by atoms with van der Waals surface area (Å²) in [5.41, 5.74) is 8.54. The monoisotopic (exact) mass is 863 g/mol. The number of anilines is 6. The minimum Gasteiger partial charge on any atom is -0.396 e. The van der Waals surface area contributed by atoms with E-state index < -0.39 is 0 Å². The van der Waals surface area contributed by atoms with Crippen LogP contribution in [0.25, 0.3) is 43.7 Å². The molecule has 0 bridgehead atoms. The fourth-order valence-corrected chi connectivity index (χ4v) is 9.43. The minimum atomic E-state index is -0.295. The van der Waals surface area contributed by atoms with Crippen LogP contribution in [0.3, 0.4) is 0 Å². The van der Waals surface area contributed by atoms with E-state index in [1.54, 1.807) is 0 Å². The third kappa shape index (κ3) is 8.02. The van der Waals surface area contributed by atoms with E-state index in [-0.39, 0.29) is 30.2 Å². The molecule has 10 rings (SSSR count). The summed E-state index contributed by atoms with van der Waals surface area (Å²) < 4.78 is 27.0. The molecule has 0 amide bonds. The molecule has 2 aliphatic heterocycles. The molecule has 1 atom stereocenters. The van der Waals surface area contributed by atoms with Crippen LogP contribution in [-0.2, 0) is 0 Å². The molecule has 330 valence electrons. The normalized spacial score (nSPS) is 16.0. The third-order valence-electron chi connectivity index (χ3n) is 13.0. The van der Waals surface area contributed by atoms with Crippen LogP contribution >= 0.6 is 0 Å². The molecule has 14 nitrogen and oxygen atoms in total. The maximum absolute atomic E-state index is 15.7. The zero-order chi connectivity index (χ0) is 44.1. The van der Waals surface area contributed by atoms with Gasteiger partial charge in [-0.1, -0.05) is 38.0 Å². The maximum Gasteiger partial charge on any atom is 0.228 e. The number of hydrogen-bond donors (Lipinski definition) is 3. The van der Waals surface area contributed by atoms with Gasteiger partial charge < -0.3 is 39.5 Å². The first-order valence-corrected chi connectivity index (χ1v) is 22.5. The molecular weight excluding hydrogens is 810 g/mol. The maximum atomic E-state index is 15.7. The molecule has 0 radical (unpaired) electrons. The lowest BCUT2D eigenvalue weighted by Crippen LogP contribution is -2.44. The molecule has 15 heteroatoms. The largest absolute Gasteiger partial charge is 0.396 e. The molecule has 0 saturated carbocycles. The fourth-order valence-electron chi connectivity index (χ4n) is 9.43. The summed E-state index contributed by atoms with van der Waals surface area (Å²) in [6.07, 6.45) is 4.53. The third-order valence-corrected chi connectivity index (χ3v) is 13.0. The number of halogens is 1. The number of aliphatic hydroxyl groups is 1. The Bertz CT molecular complexity index is 2950. The van der Waals surface area contributed by atoms with Crippen LogP contribution in [0.1, 0.15) is 81.8 Å². The summed E-state index contributed by atoms with van der Waals surface area (Å²) >= 11 is 0. The van der Waals surface area contributed by atoms with Crippen molar-refractivity contribution in [3.8, 4) is 0 Å². The van der Waals surface area contributed by atoms with Crippen molar-refractivity contribution in [2.24, 2.45) is 5.92 Å². The Morgan fingerprint density at radius 1 is 0.703 bits per heavy atom. The number of nitrogens with zero attached hydrogens (tertiary/aromatic N) is 9. The lowest BCUT2D eigenvalue weighted by molar-refractivity contribution is 0.232. The van der Waals surface area contributed by atoms with E-state index in [2.05, 4.69) is 99.6 Å². The lowest BCUT2D eigenvalue weighted by atomic mass is 9.84. The summed E-state index contributed by atoms with van der Waals surface area (Å²) in [5.74, 6) is 0.963. The smallest absolute Gasteiger partial charge is 0.228 e. The first kappa shape index (κ1) is 41.6. The lowest BCUT2D eigenvalue weighted by Gasteiger charge is -2.35. The van der Waals surface area contributed by atoms with E-state index in [0.717, 1.165) is 120 Å². The summed E-state index contributed by atoms with van der Waals surface area (Å²) in [7, 11) is 2.09. The van der Waals surface area contributed by atoms with Gasteiger partial charge in [0.25, 0.3) is 0 Å². The van der Waals surface area contributed by atoms with E-state index in [9.17, 15) is 5.11 Å². The van der Waals surface area contributed by atoms with Gasteiger partial charge in [-0.2, -0.15) is 0 Å². The van der Waals surface area contributed by atoms with Crippen LogP contribution in [-0.4, -0.2) is 93.2 Å². The first-order chi connectivity index (χ1) is 31.1. The van der Waals surface area contributed by atoms with Gasteiger partial charge in [0.05, 0.1) is 51.2 Å². The van der Waals surface area contributed by atoms with Crippen molar-refractivity contribution < 1.29 is 18.5 Å². The van der Waals surface area contributed by atoms with Crippen LogP contribution in [0.2, 0.25) is 0 Å². The van der Waals surface area contributed by atoms with Gasteiger partial charge in [0, 0.05) is 79.2 Å². The number of aromatic nitrogens is 6. The highest BCUT2D eigenvalue weighted by atomic mass is 19.1. The molecule has 1 unspecified atom stereocenters. The predicted molar refractivity (Wildman–Crippen MR) is 251 cm³/mol. The van der Waals surface area contributed by atoms with Crippen molar-refractivity contribution in [2.75, 3.05) is 73.4 Å². The van der Waals surface area contributed by atoms with Crippen LogP contribution in [0.4, 0.5) is 39.0 Å². The number of hydrogen-bond acceptors (Lipinski definition) is 14. The molecule has 2 fully saturated rings. The van der Waals surface area contributed by atoms with Crippen molar-refractivity contribution in [3.05, 3.63) is 95.8 Å². The number of aliphatic hydroxyl groups excluding tert-OH is 1. The average molecular weight is 864 g/mol. The van der Waals surface area contributed by atoms with E-state index in [1.165, 1.54) is 6.07 Å². The topological polar surface area (TPSA) is 158 Å². The van der Waals surface area contributed by atoms with Crippen molar-refractivity contribution in [1.29, 1.82) is 0 Å².